The standard InChI is InChI=1S/C12H15NO4S/c14-12(11-8-4-5-9-17-11)13-18(15,16)10-6-2-1-3-7-10/h1-3,6-7,11H,4-5,8-9H2,(H,13,14). The Bertz CT molecular complexity index is 506. The number of hydrogen-bond donors (Lipinski definition) is 1. The molecule has 1 aromatic rings. The lowest BCUT2D eigenvalue weighted by atomic mass is 10.1. The molecule has 0 aromatic heterocycles. The Hall–Kier alpha value is -1.40. The molecule has 0 spiro atoms. The van der Waals surface area contributed by atoms with Gasteiger partial charge < -0.3 is 4.74 Å². The summed E-state index contributed by atoms with van der Waals surface area (Å²) in [6, 6.07) is 7.81. The van der Waals surface area contributed by atoms with E-state index in [9.17, 15) is 13.2 Å². The molecule has 0 aliphatic carbocycles. The molecule has 1 unspecified atom stereocenters. The second kappa shape index (κ2) is 5.49. The number of amides is 1. The van der Waals surface area contributed by atoms with Crippen LogP contribution in [0.5, 0.6) is 0 Å². The van der Waals surface area contributed by atoms with Gasteiger partial charge in [0.1, 0.15) is 6.10 Å². The van der Waals surface area contributed by atoms with E-state index in [2.05, 4.69) is 4.72 Å². The number of sulfonamides is 1. The fourth-order valence-electron chi connectivity index (χ4n) is 1.80. The summed E-state index contributed by atoms with van der Waals surface area (Å²) in [5, 5.41) is 0. The van der Waals surface area contributed by atoms with E-state index in [1.807, 2.05) is 0 Å². The molecule has 0 saturated carbocycles. The average Bonchev–Trinajstić information content (AvgIpc) is 2.40. The van der Waals surface area contributed by atoms with Gasteiger partial charge in [0.25, 0.3) is 15.9 Å². The highest BCUT2D eigenvalue weighted by Gasteiger charge is 2.26. The van der Waals surface area contributed by atoms with Crippen LogP contribution in [0.1, 0.15) is 19.3 Å². The second-order valence-corrected chi connectivity index (χ2v) is 5.82. The van der Waals surface area contributed by atoms with Gasteiger partial charge in [-0.3, -0.25) is 4.79 Å². The third-order valence-corrected chi connectivity index (χ3v) is 4.12. The molecular weight excluding hydrogens is 254 g/mol. The second-order valence-electron chi connectivity index (χ2n) is 4.14. The van der Waals surface area contributed by atoms with Crippen molar-refractivity contribution in [1.82, 2.24) is 4.72 Å². The van der Waals surface area contributed by atoms with Gasteiger partial charge in [-0.05, 0) is 31.4 Å². The van der Waals surface area contributed by atoms with E-state index in [0.717, 1.165) is 12.8 Å². The minimum absolute atomic E-state index is 0.0779. The van der Waals surface area contributed by atoms with E-state index >= 15 is 0 Å². The molecule has 1 heterocycles. The minimum Gasteiger partial charge on any atom is -0.368 e. The summed E-state index contributed by atoms with van der Waals surface area (Å²) in [7, 11) is -3.79. The van der Waals surface area contributed by atoms with Crippen molar-refractivity contribution in [3.05, 3.63) is 30.3 Å². The van der Waals surface area contributed by atoms with Crippen LogP contribution < -0.4 is 4.72 Å². The van der Waals surface area contributed by atoms with Crippen LogP contribution >= 0.6 is 0 Å². The number of carbonyl (C=O) groups excluding carboxylic acids is 1. The Labute approximate surface area is 106 Å². The molecule has 1 atom stereocenters. The minimum atomic E-state index is -3.79. The summed E-state index contributed by atoms with van der Waals surface area (Å²) < 4.78 is 31.1. The van der Waals surface area contributed by atoms with E-state index in [1.54, 1.807) is 18.2 Å². The fourth-order valence-corrected chi connectivity index (χ4v) is 2.83. The SMILES string of the molecule is O=C(NS(=O)(=O)c1ccccc1)C1CCCCO1. The molecule has 1 fully saturated rings. The molecular formula is C12H15NO4S. The van der Waals surface area contributed by atoms with E-state index in [4.69, 9.17) is 4.74 Å². The van der Waals surface area contributed by atoms with Gasteiger partial charge in [-0.2, -0.15) is 0 Å². The predicted octanol–water partition coefficient (Wildman–Crippen LogP) is 1.06. The molecule has 1 saturated heterocycles. The molecule has 1 N–H and O–H groups in total. The lowest BCUT2D eigenvalue weighted by Gasteiger charge is -2.21. The van der Waals surface area contributed by atoms with Crippen LogP contribution in [0.15, 0.2) is 35.2 Å². The van der Waals surface area contributed by atoms with Crippen LogP contribution in [0.2, 0.25) is 0 Å². The first-order valence-corrected chi connectivity index (χ1v) is 7.31. The van der Waals surface area contributed by atoms with E-state index in [1.165, 1.54) is 12.1 Å². The Morgan fingerprint density at radius 1 is 1.22 bits per heavy atom. The molecule has 5 nitrogen and oxygen atoms in total. The molecule has 1 aliphatic heterocycles. The average molecular weight is 269 g/mol. The van der Waals surface area contributed by atoms with Crippen LogP contribution in [-0.2, 0) is 19.6 Å². The van der Waals surface area contributed by atoms with Gasteiger partial charge in [0.05, 0.1) is 4.90 Å². The van der Waals surface area contributed by atoms with Crippen molar-refractivity contribution >= 4 is 15.9 Å². The maximum absolute atomic E-state index is 11.9. The third kappa shape index (κ3) is 3.08. The van der Waals surface area contributed by atoms with Crippen LogP contribution in [0.4, 0.5) is 0 Å². The lowest BCUT2D eigenvalue weighted by molar-refractivity contribution is -0.133. The number of benzene rings is 1. The highest BCUT2D eigenvalue weighted by Crippen LogP contribution is 2.14. The quantitative estimate of drug-likeness (QED) is 0.890. The van der Waals surface area contributed by atoms with Gasteiger partial charge in [0.15, 0.2) is 0 Å². The number of rotatable bonds is 3. The lowest BCUT2D eigenvalue weighted by Crippen LogP contribution is -2.41. The summed E-state index contributed by atoms with van der Waals surface area (Å²) in [6.45, 7) is 0.503. The van der Waals surface area contributed by atoms with E-state index < -0.39 is 22.0 Å². The molecule has 1 aromatic carbocycles. The Kier molecular flexibility index (Phi) is 3.98. The molecule has 18 heavy (non-hydrogen) atoms. The normalized spacial score (nSPS) is 20.3. The maximum Gasteiger partial charge on any atom is 0.264 e. The largest absolute Gasteiger partial charge is 0.368 e. The zero-order valence-electron chi connectivity index (χ0n) is 9.83. The van der Waals surface area contributed by atoms with Gasteiger partial charge in [-0.1, -0.05) is 18.2 Å². The zero-order valence-corrected chi connectivity index (χ0v) is 10.7. The van der Waals surface area contributed by atoms with Gasteiger partial charge in [0, 0.05) is 6.61 Å². The molecule has 2 rings (SSSR count). The first-order valence-electron chi connectivity index (χ1n) is 5.83. The smallest absolute Gasteiger partial charge is 0.264 e. The van der Waals surface area contributed by atoms with Crippen LogP contribution in [0.3, 0.4) is 0 Å². The van der Waals surface area contributed by atoms with Crippen LogP contribution in [0, 0.1) is 0 Å². The van der Waals surface area contributed by atoms with Crippen molar-refractivity contribution in [3.63, 3.8) is 0 Å². The van der Waals surface area contributed by atoms with Crippen molar-refractivity contribution in [2.24, 2.45) is 0 Å². The summed E-state index contributed by atoms with van der Waals surface area (Å²) in [5.74, 6) is -0.585. The molecule has 0 radical (unpaired) electrons. The monoisotopic (exact) mass is 269 g/mol. The Morgan fingerprint density at radius 2 is 1.94 bits per heavy atom. The molecule has 98 valence electrons. The molecule has 1 aliphatic rings. The van der Waals surface area contributed by atoms with Crippen molar-refractivity contribution in [3.8, 4) is 0 Å². The number of hydrogen-bond acceptors (Lipinski definition) is 4. The number of carbonyl (C=O) groups is 1. The summed E-state index contributed by atoms with van der Waals surface area (Å²) in [4.78, 5) is 11.8. The maximum atomic E-state index is 11.9. The van der Waals surface area contributed by atoms with Crippen LogP contribution in [-0.4, -0.2) is 27.0 Å². The van der Waals surface area contributed by atoms with Gasteiger partial charge in [-0.25, -0.2) is 13.1 Å². The van der Waals surface area contributed by atoms with Gasteiger partial charge >= 0.3 is 0 Å². The molecule has 6 heteroatoms. The van der Waals surface area contributed by atoms with Crippen molar-refractivity contribution in [2.75, 3.05) is 6.61 Å². The molecule has 0 bridgehead atoms. The summed E-state index contributed by atoms with van der Waals surface area (Å²) in [5.41, 5.74) is 0. The highest BCUT2D eigenvalue weighted by molar-refractivity contribution is 7.90. The number of nitrogens with one attached hydrogen (secondary N) is 1. The Morgan fingerprint density at radius 3 is 2.56 bits per heavy atom. The molecule has 1 amide bonds. The third-order valence-electron chi connectivity index (χ3n) is 2.76. The fraction of sp³-hybridized carbons (Fsp3) is 0.417. The van der Waals surface area contributed by atoms with Gasteiger partial charge in [0.2, 0.25) is 0 Å². The van der Waals surface area contributed by atoms with Crippen LogP contribution in [0.25, 0.3) is 0 Å². The predicted molar refractivity (Wildman–Crippen MR) is 65.4 cm³/mol. The van der Waals surface area contributed by atoms with Gasteiger partial charge in [-0.15, -0.1) is 0 Å². The number of ether oxygens (including phenoxy) is 1. The summed E-state index contributed by atoms with van der Waals surface area (Å²) >= 11 is 0. The highest BCUT2D eigenvalue weighted by atomic mass is 32.2. The first kappa shape index (κ1) is 13.0. The Balaban J connectivity index is 2.06. The van der Waals surface area contributed by atoms with Crippen molar-refractivity contribution in [1.29, 1.82) is 0 Å². The summed E-state index contributed by atoms with van der Waals surface area (Å²) in [6.07, 6.45) is 1.70. The topological polar surface area (TPSA) is 72.5 Å². The van der Waals surface area contributed by atoms with E-state index in [-0.39, 0.29) is 4.90 Å². The van der Waals surface area contributed by atoms with E-state index in [0.29, 0.717) is 13.0 Å². The van der Waals surface area contributed by atoms with Crippen molar-refractivity contribution in [2.45, 2.75) is 30.3 Å². The zero-order chi connectivity index (χ0) is 13.0. The first-order chi connectivity index (χ1) is 8.59. The van der Waals surface area contributed by atoms with Crippen molar-refractivity contribution < 1.29 is 17.9 Å².